The number of hydrogen-bond donors (Lipinski definition) is 0. The third kappa shape index (κ3) is 3.05. The van der Waals surface area contributed by atoms with Crippen LogP contribution in [0.2, 0.25) is 5.02 Å². The Morgan fingerprint density at radius 2 is 1.91 bits per heavy atom. The fourth-order valence-electron chi connectivity index (χ4n) is 2.58. The highest BCUT2D eigenvalue weighted by Gasteiger charge is 2.24. The molecular formula is C13H16ClN3O4S. The summed E-state index contributed by atoms with van der Waals surface area (Å²) in [6.45, 7) is 2.36. The summed E-state index contributed by atoms with van der Waals surface area (Å²) in [7, 11) is -3.15. The molecule has 0 radical (unpaired) electrons. The molecule has 2 heterocycles. The van der Waals surface area contributed by atoms with Gasteiger partial charge in [-0.25, -0.2) is 13.2 Å². The summed E-state index contributed by atoms with van der Waals surface area (Å²) in [6.07, 6.45) is 1.21. The maximum absolute atomic E-state index is 12.0. The maximum atomic E-state index is 12.0. The van der Waals surface area contributed by atoms with Gasteiger partial charge in [0.1, 0.15) is 0 Å². The normalized spacial score (nSPS) is 18.1. The molecule has 1 aliphatic heterocycles. The van der Waals surface area contributed by atoms with Crippen LogP contribution in [0.25, 0.3) is 11.1 Å². The first kappa shape index (κ1) is 15.5. The molecule has 0 aliphatic carbocycles. The van der Waals surface area contributed by atoms with E-state index < -0.39 is 15.8 Å². The summed E-state index contributed by atoms with van der Waals surface area (Å²) in [4.78, 5) is 14.0. The number of benzene rings is 1. The zero-order valence-electron chi connectivity index (χ0n) is 12.0. The van der Waals surface area contributed by atoms with E-state index in [0.29, 0.717) is 49.0 Å². The SMILES string of the molecule is CS(=O)(=O)N1CCN(Cn2c(=O)oc3cc(Cl)ccc32)CC1. The highest BCUT2D eigenvalue weighted by Crippen LogP contribution is 2.19. The third-order valence-electron chi connectivity index (χ3n) is 3.77. The summed E-state index contributed by atoms with van der Waals surface area (Å²) < 4.78 is 31.2. The van der Waals surface area contributed by atoms with E-state index in [2.05, 4.69) is 0 Å². The van der Waals surface area contributed by atoms with Crippen LogP contribution in [-0.4, -0.2) is 54.6 Å². The summed E-state index contributed by atoms with van der Waals surface area (Å²) in [5.74, 6) is -0.442. The minimum Gasteiger partial charge on any atom is -0.408 e. The van der Waals surface area contributed by atoms with Gasteiger partial charge in [0, 0.05) is 37.3 Å². The molecule has 0 N–H and O–H groups in total. The van der Waals surface area contributed by atoms with Gasteiger partial charge >= 0.3 is 5.76 Å². The Bertz CT molecular complexity index is 850. The van der Waals surface area contributed by atoms with E-state index in [0.717, 1.165) is 0 Å². The molecule has 7 nitrogen and oxygen atoms in total. The minimum absolute atomic E-state index is 0.366. The van der Waals surface area contributed by atoms with Crippen molar-refractivity contribution in [3.8, 4) is 0 Å². The number of hydrogen-bond acceptors (Lipinski definition) is 5. The highest BCUT2D eigenvalue weighted by atomic mass is 35.5. The zero-order valence-corrected chi connectivity index (χ0v) is 13.6. The maximum Gasteiger partial charge on any atom is 0.421 e. The monoisotopic (exact) mass is 345 g/mol. The number of aromatic nitrogens is 1. The Morgan fingerprint density at radius 1 is 1.23 bits per heavy atom. The first-order chi connectivity index (χ1) is 10.3. The van der Waals surface area contributed by atoms with E-state index in [-0.39, 0.29) is 0 Å². The first-order valence-electron chi connectivity index (χ1n) is 6.81. The summed E-state index contributed by atoms with van der Waals surface area (Å²) >= 11 is 5.89. The lowest BCUT2D eigenvalue weighted by molar-refractivity contribution is 0.150. The first-order valence-corrected chi connectivity index (χ1v) is 9.03. The average molecular weight is 346 g/mol. The Labute approximate surface area is 132 Å². The molecule has 1 aromatic carbocycles. The second-order valence-corrected chi connectivity index (χ2v) is 7.75. The van der Waals surface area contributed by atoms with Crippen LogP contribution in [-0.2, 0) is 16.7 Å². The molecule has 1 aromatic heterocycles. The number of halogens is 1. The van der Waals surface area contributed by atoms with Gasteiger partial charge in [-0.05, 0) is 12.1 Å². The molecule has 0 bridgehead atoms. The molecule has 2 aromatic rings. The Kier molecular flexibility index (Phi) is 4.02. The zero-order chi connectivity index (χ0) is 15.9. The number of rotatable bonds is 3. The van der Waals surface area contributed by atoms with E-state index in [4.69, 9.17) is 16.0 Å². The smallest absolute Gasteiger partial charge is 0.408 e. The fourth-order valence-corrected chi connectivity index (χ4v) is 3.57. The number of nitrogens with zero attached hydrogens (tertiary/aromatic N) is 3. The van der Waals surface area contributed by atoms with E-state index in [1.807, 2.05) is 4.90 Å². The standard InChI is InChI=1S/C13H16ClN3O4S/c1-22(19,20)16-6-4-15(5-7-16)9-17-11-3-2-10(14)8-12(11)21-13(17)18/h2-3,8H,4-7,9H2,1H3. The summed E-state index contributed by atoms with van der Waals surface area (Å²) in [6, 6.07) is 5.06. The van der Waals surface area contributed by atoms with E-state index in [1.54, 1.807) is 18.2 Å². The van der Waals surface area contributed by atoms with E-state index >= 15 is 0 Å². The Morgan fingerprint density at radius 3 is 2.55 bits per heavy atom. The van der Waals surface area contributed by atoms with E-state index in [1.165, 1.54) is 15.1 Å². The molecule has 0 unspecified atom stereocenters. The average Bonchev–Trinajstić information content (AvgIpc) is 2.74. The second kappa shape index (κ2) is 5.69. The van der Waals surface area contributed by atoms with Gasteiger partial charge in [-0.3, -0.25) is 9.47 Å². The molecule has 1 saturated heterocycles. The highest BCUT2D eigenvalue weighted by molar-refractivity contribution is 7.88. The van der Waals surface area contributed by atoms with Gasteiger partial charge in [-0.2, -0.15) is 4.31 Å². The molecular weight excluding hydrogens is 330 g/mol. The topological polar surface area (TPSA) is 75.8 Å². The summed E-state index contributed by atoms with van der Waals surface area (Å²) in [5.41, 5.74) is 1.13. The molecule has 0 saturated carbocycles. The quantitative estimate of drug-likeness (QED) is 0.821. The lowest BCUT2D eigenvalue weighted by Crippen LogP contribution is -2.49. The fraction of sp³-hybridized carbons (Fsp3) is 0.462. The summed E-state index contributed by atoms with van der Waals surface area (Å²) in [5, 5.41) is 0.509. The van der Waals surface area contributed by atoms with Crippen molar-refractivity contribution in [1.29, 1.82) is 0 Å². The van der Waals surface area contributed by atoms with Gasteiger partial charge in [0.05, 0.1) is 18.4 Å². The Hall–Kier alpha value is -1.35. The van der Waals surface area contributed by atoms with Crippen LogP contribution >= 0.6 is 11.6 Å². The van der Waals surface area contributed by atoms with Crippen molar-refractivity contribution < 1.29 is 12.8 Å². The number of piperazine rings is 1. The Balaban J connectivity index is 1.78. The number of sulfonamides is 1. The lowest BCUT2D eigenvalue weighted by atomic mass is 10.3. The van der Waals surface area contributed by atoms with Gasteiger partial charge in [0.2, 0.25) is 10.0 Å². The van der Waals surface area contributed by atoms with Crippen molar-refractivity contribution in [2.24, 2.45) is 0 Å². The van der Waals surface area contributed by atoms with Crippen LogP contribution in [0.15, 0.2) is 27.4 Å². The number of oxazole rings is 1. The van der Waals surface area contributed by atoms with Crippen LogP contribution < -0.4 is 5.76 Å². The predicted octanol–water partition coefficient (Wildman–Crippen LogP) is 0.783. The molecule has 3 rings (SSSR count). The molecule has 1 fully saturated rings. The van der Waals surface area contributed by atoms with Crippen LogP contribution in [0.4, 0.5) is 0 Å². The van der Waals surface area contributed by atoms with Crippen molar-refractivity contribution in [1.82, 2.24) is 13.8 Å². The van der Waals surface area contributed by atoms with Crippen molar-refractivity contribution in [3.05, 3.63) is 33.8 Å². The van der Waals surface area contributed by atoms with Crippen molar-refractivity contribution in [2.75, 3.05) is 32.4 Å². The minimum atomic E-state index is -3.15. The van der Waals surface area contributed by atoms with Gasteiger partial charge in [-0.15, -0.1) is 0 Å². The van der Waals surface area contributed by atoms with Crippen molar-refractivity contribution in [3.63, 3.8) is 0 Å². The second-order valence-electron chi connectivity index (χ2n) is 5.33. The van der Waals surface area contributed by atoms with Crippen LogP contribution in [0.3, 0.4) is 0 Å². The van der Waals surface area contributed by atoms with Gasteiger partial charge in [0.25, 0.3) is 0 Å². The molecule has 0 atom stereocenters. The van der Waals surface area contributed by atoms with Crippen molar-refractivity contribution >= 4 is 32.7 Å². The van der Waals surface area contributed by atoms with Crippen molar-refractivity contribution in [2.45, 2.75) is 6.67 Å². The number of fused-ring (bicyclic) bond motifs is 1. The van der Waals surface area contributed by atoms with E-state index in [9.17, 15) is 13.2 Å². The third-order valence-corrected chi connectivity index (χ3v) is 5.31. The molecule has 1 aliphatic rings. The van der Waals surface area contributed by atoms with Gasteiger partial charge < -0.3 is 4.42 Å². The van der Waals surface area contributed by atoms with Gasteiger partial charge in [0.15, 0.2) is 5.58 Å². The molecule has 0 spiro atoms. The van der Waals surface area contributed by atoms with Gasteiger partial charge in [-0.1, -0.05) is 11.6 Å². The van der Waals surface area contributed by atoms with Crippen LogP contribution in [0.1, 0.15) is 0 Å². The van der Waals surface area contributed by atoms with Crippen LogP contribution in [0.5, 0.6) is 0 Å². The predicted molar refractivity (Wildman–Crippen MR) is 83.5 cm³/mol. The van der Waals surface area contributed by atoms with Crippen LogP contribution in [0, 0.1) is 0 Å². The molecule has 0 amide bonds. The largest absolute Gasteiger partial charge is 0.421 e. The lowest BCUT2D eigenvalue weighted by Gasteiger charge is -2.33. The molecule has 120 valence electrons. The molecule has 22 heavy (non-hydrogen) atoms. The molecule has 9 heteroatoms.